The Kier molecular flexibility index (Phi) is 6.43. The number of primary amides is 1. The Hall–Kier alpha value is -3.55. The van der Waals surface area contributed by atoms with Crippen LogP contribution in [0.5, 0.6) is 5.75 Å². The third-order valence-corrected chi connectivity index (χ3v) is 8.64. The number of rotatable bonds is 4. The summed E-state index contributed by atoms with van der Waals surface area (Å²) in [5.41, 5.74) is 1.39. The van der Waals surface area contributed by atoms with E-state index < -0.39 is 93.4 Å². The molecule has 2 unspecified atom stereocenters. The van der Waals surface area contributed by atoms with Crippen molar-refractivity contribution in [2.24, 2.45) is 29.4 Å². The number of phenols is 1. The molecule has 3 aliphatic carbocycles. The molecule has 2 amide bonds. The number of aliphatic hydroxyl groups is 1. The lowest BCUT2D eigenvalue weighted by atomic mass is 9.52. The summed E-state index contributed by atoms with van der Waals surface area (Å²) in [6.45, 7) is 0.617. The Morgan fingerprint density at radius 2 is 1.90 bits per heavy atom. The Labute approximate surface area is 222 Å². The first-order valence-corrected chi connectivity index (χ1v) is 12.7. The van der Waals surface area contributed by atoms with Gasteiger partial charge in [-0.2, -0.15) is 0 Å². The second kappa shape index (κ2) is 9.28. The first-order valence-electron chi connectivity index (χ1n) is 12.7. The third kappa shape index (κ3) is 3.82. The van der Waals surface area contributed by atoms with Crippen molar-refractivity contribution in [3.05, 3.63) is 23.0 Å². The van der Waals surface area contributed by atoms with Crippen molar-refractivity contribution in [3.8, 4) is 5.75 Å². The molecule has 13 heteroatoms. The van der Waals surface area contributed by atoms with Crippen molar-refractivity contribution in [2.75, 3.05) is 26.0 Å². The average molecular weight is 545 g/mol. The quantitative estimate of drug-likeness (QED) is 0.224. The minimum absolute atomic E-state index is 0.168. The van der Waals surface area contributed by atoms with Gasteiger partial charge in [-0.15, -0.1) is 0 Å². The van der Waals surface area contributed by atoms with Crippen LogP contribution in [0.2, 0.25) is 0 Å². The van der Waals surface area contributed by atoms with Gasteiger partial charge in [0.1, 0.15) is 11.6 Å². The number of amides is 2. The largest absolute Gasteiger partial charge is 0.505 e. The van der Waals surface area contributed by atoms with E-state index in [-0.39, 0.29) is 24.1 Å². The number of benzene rings is 1. The number of anilines is 1. The van der Waals surface area contributed by atoms with Crippen molar-refractivity contribution < 1.29 is 43.4 Å². The van der Waals surface area contributed by atoms with E-state index in [9.17, 15) is 39.0 Å². The highest BCUT2D eigenvalue weighted by molar-refractivity contribution is 6.32. The topological polar surface area (TPSA) is 196 Å². The summed E-state index contributed by atoms with van der Waals surface area (Å²) in [6, 6.07) is -0.896. The van der Waals surface area contributed by atoms with Crippen molar-refractivity contribution in [2.45, 2.75) is 43.4 Å². The third-order valence-electron chi connectivity index (χ3n) is 8.64. The number of ketones is 4. The number of nitrogens with two attached hydrogens (primary N) is 1. The molecule has 4 aliphatic rings. The average Bonchev–Trinajstić information content (AvgIpc) is 3.39. The molecular formula is C26H29FN4O8. The number of aromatic hydroxyl groups is 1. The molecule has 1 saturated heterocycles. The van der Waals surface area contributed by atoms with Crippen LogP contribution in [0.4, 0.5) is 10.1 Å². The van der Waals surface area contributed by atoms with Gasteiger partial charge in [-0.3, -0.25) is 33.7 Å². The van der Waals surface area contributed by atoms with Crippen LogP contribution >= 0.6 is 0 Å². The number of nitrogens with zero attached hydrogens (tertiary/aromatic N) is 1. The maximum Gasteiger partial charge on any atom is 0.241 e. The van der Waals surface area contributed by atoms with E-state index in [0.29, 0.717) is 13.0 Å². The lowest BCUT2D eigenvalue weighted by Gasteiger charge is -2.52. The monoisotopic (exact) mass is 544 g/mol. The van der Waals surface area contributed by atoms with Gasteiger partial charge in [0, 0.05) is 17.5 Å². The smallest absolute Gasteiger partial charge is 0.241 e. The van der Waals surface area contributed by atoms with Gasteiger partial charge >= 0.3 is 0 Å². The zero-order valence-electron chi connectivity index (χ0n) is 21.3. The van der Waals surface area contributed by atoms with Crippen LogP contribution < -0.4 is 16.4 Å². The van der Waals surface area contributed by atoms with Gasteiger partial charge in [-0.05, 0) is 52.2 Å². The van der Waals surface area contributed by atoms with Crippen LogP contribution in [0, 0.1) is 29.5 Å². The van der Waals surface area contributed by atoms with E-state index in [1.165, 1.54) is 19.0 Å². The fourth-order valence-electron chi connectivity index (χ4n) is 6.85. The predicted octanol–water partition coefficient (Wildman–Crippen LogP) is -1.30. The molecule has 39 heavy (non-hydrogen) atoms. The van der Waals surface area contributed by atoms with E-state index in [2.05, 4.69) is 10.6 Å². The number of fused-ring (bicyclic) bond motifs is 3. The Morgan fingerprint density at radius 1 is 1.21 bits per heavy atom. The number of Topliss-reactive ketones (excluding diaryl/α,β-unsaturated/α-hetero) is 4. The molecule has 6 N–H and O–H groups in total. The molecule has 5 rings (SSSR count). The minimum Gasteiger partial charge on any atom is -0.505 e. The zero-order valence-corrected chi connectivity index (χ0v) is 21.3. The van der Waals surface area contributed by atoms with Crippen molar-refractivity contribution in [1.29, 1.82) is 0 Å². The van der Waals surface area contributed by atoms with Crippen LogP contribution in [0.25, 0.3) is 0 Å². The summed E-state index contributed by atoms with van der Waals surface area (Å²) < 4.78 is 15.3. The van der Waals surface area contributed by atoms with Gasteiger partial charge in [0.2, 0.25) is 11.8 Å². The van der Waals surface area contributed by atoms with Crippen molar-refractivity contribution >= 4 is 40.6 Å². The fourth-order valence-corrected chi connectivity index (χ4v) is 6.85. The number of hydrogen-bond acceptors (Lipinski definition) is 10. The molecule has 7 atom stereocenters. The van der Waals surface area contributed by atoms with E-state index in [0.717, 1.165) is 12.5 Å². The number of nitrogens with one attached hydrogen (secondary N) is 2. The molecule has 3 fully saturated rings. The van der Waals surface area contributed by atoms with Crippen LogP contribution in [-0.4, -0.2) is 88.4 Å². The Balaban J connectivity index is 1.56. The van der Waals surface area contributed by atoms with Crippen LogP contribution in [0.1, 0.15) is 35.2 Å². The maximum atomic E-state index is 15.3. The molecule has 1 aliphatic heterocycles. The Bertz CT molecular complexity index is 1340. The molecular weight excluding hydrogens is 515 g/mol. The van der Waals surface area contributed by atoms with Crippen molar-refractivity contribution in [1.82, 2.24) is 10.2 Å². The van der Waals surface area contributed by atoms with E-state index in [4.69, 9.17) is 5.73 Å². The number of carbonyl (C=O) groups is 6. The molecule has 2 saturated carbocycles. The van der Waals surface area contributed by atoms with Crippen LogP contribution in [-0.2, 0) is 30.4 Å². The van der Waals surface area contributed by atoms with Gasteiger partial charge in [-0.1, -0.05) is 0 Å². The van der Waals surface area contributed by atoms with E-state index in [1.54, 1.807) is 0 Å². The van der Waals surface area contributed by atoms with Gasteiger partial charge in [-0.25, -0.2) is 4.39 Å². The predicted molar refractivity (Wildman–Crippen MR) is 131 cm³/mol. The number of hydrogen-bond donors (Lipinski definition) is 5. The van der Waals surface area contributed by atoms with E-state index >= 15 is 4.39 Å². The summed E-state index contributed by atoms with van der Waals surface area (Å²) >= 11 is 0. The SMILES string of the molecule is CN(C)[C@@H]1C(=O)C(C(N)=O)C(=O)[C@@]2(O)C(=O)C3C(=O)c4c(O)c(NC(=O)[C@@H]5CCCN5)cc(F)c4C[C@H]3C[C@@H]12. The maximum absolute atomic E-state index is 15.3. The lowest BCUT2D eigenvalue weighted by molar-refractivity contribution is -0.181. The lowest BCUT2D eigenvalue weighted by Crippen LogP contribution is -2.74. The van der Waals surface area contributed by atoms with Gasteiger partial charge in [0.05, 0.1) is 29.3 Å². The summed E-state index contributed by atoms with van der Waals surface area (Å²) in [6.07, 6.45) is 0.902. The zero-order chi connectivity index (χ0) is 28.5. The summed E-state index contributed by atoms with van der Waals surface area (Å²) in [4.78, 5) is 79.8. The summed E-state index contributed by atoms with van der Waals surface area (Å²) in [7, 11) is 2.95. The first kappa shape index (κ1) is 27.0. The molecule has 0 radical (unpaired) electrons. The summed E-state index contributed by atoms with van der Waals surface area (Å²) in [5.74, 6) is -13.9. The second-order valence-electron chi connectivity index (χ2n) is 11.0. The summed E-state index contributed by atoms with van der Waals surface area (Å²) in [5, 5.41) is 27.9. The number of carbonyl (C=O) groups excluding carboxylic acids is 6. The molecule has 12 nitrogen and oxygen atoms in total. The minimum atomic E-state index is -2.87. The molecule has 1 aromatic carbocycles. The highest BCUT2D eigenvalue weighted by atomic mass is 19.1. The molecule has 0 bridgehead atoms. The van der Waals surface area contributed by atoms with Gasteiger partial charge in [0.25, 0.3) is 0 Å². The highest BCUT2D eigenvalue weighted by Gasteiger charge is 2.69. The number of halogens is 1. The molecule has 208 valence electrons. The highest BCUT2D eigenvalue weighted by Crippen LogP contribution is 2.51. The number of phenolic OH excluding ortho intramolecular Hbond substituents is 1. The number of likely N-dealkylation sites (N-methyl/N-ethyl adjacent to an activating group) is 1. The van der Waals surface area contributed by atoms with E-state index in [1.807, 2.05) is 0 Å². The Morgan fingerprint density at radius 3 is 2.49 bits per heavy atom. The molecule has 1 aromatic rings. The van der Waals surface area contributed by atoms with Gasteiger partial charge in [0.15, 0.2) is 34.7 Å². The molecule has 0 aromatic heterocycles. The first-order chi connectivity index (χ1) is 18.3. The van der Waals surface area contributed by atoms with Gasteiger partial charge < -0.3 is 26.6 Å². The molecule has 0 spiro atoms. The second-order valence-corrected chi connectivity index (χ2v) is 11.0. The standard InChI is InChI=1S/C26H29FN4O8/c1-31(2)18-11-7-9-6-10-12(27)8-14(30-25(38)13-4-3-5-29-13)19(32)16(10)20(33)15(9)22(35)26(11,39)23(36)17(21(18)34)24(28)37/h8-9,11,13,15,17-18,29,32,39H,3-7H2,1-2H3,(H2,28,37)(H,30,38)/t9-,11-,13-,15?,17?,18-,26-/m0/s1. The van der Waals surface area contributed by atoms with Crippen LogP contribution in [0.15, 0.2) is 6.07 Å². The molecule has 1 heterocycles. The normalized spacial score (nSPS) is 34.0. The van der Waals surface area contributed by atoms with Crippen LogP contribution in [0.3, 0.4) is 0 Å². The van der Waals surface area contributed by atoms with Crippen molar-refractivity contribution in [3.63, 3.8) is 0 Å². The fraction of sp³-hybridized carbons (Fsp3) is 0.538.